The zero-order valence-corrected chi connectivity index (χ0v) is 14.4. The lowest BCUT2D eigenvalue weighted by molar-refractivity contribution is -0.116. The van der Waals surface area contributed by atoms with Crippen LogP contribution in [0, 0.1) is 11.3 Å². The van der Waals surface area contributed by atoms with E-state index in [1.807, 2.05) is 31.2 Å². The van der Waals surface area contributed by atoms with Gasteiger partial charge in [0.1, 0.15) is 0 Å². The van der Waals surface area contributed by atoms with Gasteiger partial charge in [-0.05, 0) is 49.2 Å². The minimum Gasteiger partial charge on any atom is -0.380 e. The highest BCUT2D eigenvalue weighted by Gasteiger charge is 2.08. The molecule has 0 aliphatic heterocycles. The topological polar surface area (TPSA) is 82.0 Å². The first-order valence-electron chi connectivity index (χ1n) is 8.21. The molecule has 0 saturated carbocycles. The van der Waals surface area contributed by atoms with E-state index in [9.17, 15) is 9.59 Å². The molecule has 0 fully saturated rings. The number of hydrogen-bond acceptors (Lipinski definition) is 4. The van der Waals surface area contributed by atoms with E-state index in [0.717, 1.165) is 17.7 Å². The van der Waals surface area contributed by atoms with Gasteiger partial charge in [-0.1, -0.05) is 19.1 Å². The highest BCUT2D eigenvalue weighted by Crippen LogP contribution is 2.20. The average molecular weight is 335 g/mol. The van der Waals surface area contributed by atoms with Gasteiger partial charge in [0.2, 0.25) is 5.91 Å². The molecule has 0 radical (unpaired) electrons. The molecule has 5 nitrogen and oxygen atoms in total. The Hall–Kier alpha value is -3.13. The molecule has 0 aliphatic carbocycles. The SMILES string of the molecule is CCCC(=O)Nc1cccc(CNc2cc(C#N)ccc2C(C)=O)c1. The number of ketones is 1. The second-order valence-electron chi connectivity index (χ2n) is 5.78. The van der Waals surface area contributed by atoms with E-state index in [1.54, 1.807) is 18.2 Å². The summed E-state index contributed by atoms with van der Waals surface area (Å²) in [6.45, 7) is 3.94. The summed E-state index contributed by atoms with van der Waals surface area (Å²) in [5.74, 6) is -0.0687. The van der Waals surface area contributed by atoms with Gasteiger partial charge in [-0.3, -0.25) is 9.59 Å². The molecular weight excluding hydrogens is 314 g/mol. The third-order valence-electron chi connectivity index (χ3n) is 3.70. The molecule has 2 aromatic rings. The first kappa shape index (κ1) is 18.2. The predicted octanol–water partition coefficient (Wildman–Crippen LogP) is 4.11. The Labute approximate surface area is 147 Å². The Morgan fingerprint density at radius 1 is 1.16 bits per heavy atom. The summed E-state index contributed by atoms with van der Waals surface area (Å²) < 4.78 is 0. The molecule has 2 aromatic carbocycles. The largest absolute Gasteiger partial charge is 0.380 e. The van der Waals surface area contributed by atoms with Crippen LogP contribution in [-0.2, 0) is 11.3 Å². The molecule has 0 bridgehead atoms. The molecule has 0 heterocycles. The minimum atomic E-state index is -0.0624. The number of hydrogen-bond donors (Lipinski definition) is 2. The minimum absolute atomic E-state index is 0.00630. The van der Waals surface area contributed by atoms with E-state index < -0.39 is 0 Å². The van der Waals surface area contributed by atoms with Gasteiger partial charge in [0.15, 0.2) is 5.78 Å². The lowest BCUT2D eigenvalue weighted by Gasteiger charge is -2.12. The number of nitrogens with zero attached hydrogens (tertiary/aromatic N) is 1. The van der Waals surface area contributed by atoms with Crippen LogP contribution < -0.4 is 10.6 Å². The van der Waals surface area contributed by atoms with E-state index in [1.165, 1.54) is 6.92 Å². The summed E-state index contributed by atoms with van der Waals surface area (Å²) in [6.07, 6.45) is 1.29. The van der Waals surface area contributed by atoms with Crippen molar-refractivity contribution in [3.63, 3.8) is 0 Å². The van der Waals surface area contributed by atoms with Crippen LogP contribution in [0.2, 0.25) is 0 Å². The number of amides is 1. The average Bonchev–Trinajstić information content (AvgIpc) is 2.60. The van der Waals surface area contributed by atoms with Crippen molar-refractivity contribution >= 4 is 23.1 Å². The van der Waals surface area contributed by atoms with E-state index in [2.05, 4.69) is 16.7 Å². The maximum atomic E-state index is 11.7. The highest BCUT2D eigenvalue weighted by atomic mass is 16.1. The van der Waals surface area contributed by atoms with E-state index in [-0.39, 0.29) is 11.7 Å². The van der Waals surface area contributed by atoms with Crippen molar-refractivity contribution in [3.05, 3.63) is 59.2 Å². The fourth-order valence-corrected chi connectivity index (χ4v) is 2.47. The molecular formula is C20H21N3O2. The maximum absolute atomic E-state index is 11.7. The fraction of sp³-hybridized carbons (Fsp3) is 0.250. The summed E-state index contributed by atoms with van der Waals surface area (Å²) in [6, 6.07) is 14.6. The Morgan fingerprint density at radius 3 is 2.64 bits per heavy atom. The van der Waals surface area contributed by atoms with Crippen molar-refractivity contribution in [2.24, 2.45) is 0 Å². The summed E-state index contributed by atoms with van der Waals surface area (Å²) in [4.78, 5) is 23.4. The Balaban J connectivity index is 2.12. The van der Waals surface area contributed by atoms with Crippen molar-refractivity contribution in [1.82, 2.24) is 0 Å². The van der Waals surface area contributed by atoms with Gasteiger partial charge in [-0.25, -0.2) is 0 Å². The number of anilines is 2. The third kappa shape index (κ3) is 5.18. The van der Waals surface area contributed by atoms with Crippen LogP contribution >= 0.6 is 0 Å². The second kappa shape index (κ2) is 8.65. The molecule has 0 unspecified atom stereocenters. The Kier molecular flexibility index (Phi) is 6.30. The molecule has 2 N–H and O–H groups in total. The summed E-state index contributed by atoms with van der Waals surface area (Å²) in [5.41, 5.74) is 3.38. The molecule has 128 valence electrons. The number of nitrogens with one attached hydrogen (secondary N) is 2. The van der Waals surface area contributed by atoms with Crippen LogP contribution in [0.25, 0.3) is 0 Å². The number of carbonyl (C=O) groups is 2. The van der Waals surface area contributed by atoms with Crippen LogP contribution in [0.4, 0.5) is 11.4 Å². The van der Waals surface area contributed by atoms with Gasteiger partial charge < -0.3 is 10.6 Å². The summed E-state index contributed by atoms with van der Waals surface area (Å²) >= 11 is 0. The zero-order chi connectivity index (χ0) is 18.2. The molecule has 1 amide bonds. The molecule has 5 heteroatoms. The van der Waals surface area contributed by atoms with Crippen molar-refractivity contribution in [3.8, 4) is 6.07 Å². The van der Waals surface area contributed by atoms with Gasteiger partial charge in [0.25, 0.3) is 0 Å². The number of rotatable bonds is 7. The van der Waals surface area contributed by atoms with Crippen LogP contribution in [0.5, 0.6) is 0 Å². The van der Waals surface area contributed by atoms with Gasteiger partial charge in [0, 0.05) is 29.9 Å². The Bertz CT molecular complexity index is 822. The van der Waals surface area contributed by atoms with Crippen molar-refractivity contribution in [2.75, 3.05) is 10.6 Å². The molecule has 0 atom stereocenters. The first-order chi connectivity index (χ1) is 12.0. The van der Waals surface area contributed by atoms with Crippen molar-refractivity contribution in [1.29, 1.82) is 5.26 Å². The quantitative estimate of drug-likeness (QED) is 0.746. The van der Waals surface area contributed by atoms with Crippen LogP contribution in [0.15, 0.2) is 42.5 Å². The third-order valence-corrected chi connectivity index (χ3v) is 3.70. The van der Waals surface area contributed by atoms with Gasteiger partial charge in [-0.15, -0.1) is 0 Å². The summed E-state index contributed by atoms with van der Waals surface area (Å²) in [5, 5.41) is 15.1. The molecule has 0 spiro atoms. The van der Waals surface area contributed by atoms with E-state index in [4.69, 9.17) is 5.26 Å². The smallest absolute Gasteiger partial charge is 0.224 e. The maximum Gasteiger partial charge on any atom is 0.224 e. The van der Waals surface area contributed by atoms with E-state index >= 15 is 0 Å². The number of carbonyl (C=O) groups excluding carboxylic acids is 2. The van der Waals surface area contributed by atoms with Crippen molar-refractivity contribution < 1.29 is 9.59 Å². The van der Waals surface area contributed by atoms with Crippen LogP contribution in [0.1, 0.15) is 48.2 Å². The van der Waals surface area contributed by atoms with E-state index in [0.29, 0.717) is 29.8 Å². The molecule has 2 rings (SSSR count). The van der Waals surface area contributed by atoms with Gasteiger partial charge in [-0.2, -0.15) is 5.26 Å². The standard InChI is InChI=1S/C20H21N3O2/c1-3-5-20(25)23-17-7-4-6-16(10-17)13-22-19-11-15(12-21)8-9-18(19)14(2)24/h4,6-11,22H,3,5,13H2,1-2H3,(H,23,25). The second-order valence-corrected chi connectivity index (χ2v) is 5.78. The Morgan fingerprint density at radius 2 is 1.96 bits per heavy atom. The van der Waals surface area contributed by atoms with Crippen LogP contribution in [0.3, 0.4) is 0 Å². The molecule has 25 heavy (non-hydrogen) atoms. The number of Topliss-reactive ketones (excluding diaryl/α,β-unsaturated/α-hetero) is 1. The lowest BCUT2D eigenvalue weighted by Crippen LogP contribution is -2.11. The fourth-order valence-electron chi connectivity index (χ4n) is 2.47. The van der Waals surface area contributed by atoms with Crippen LogP contribution in [-0.4, -0.2) is 11.7 Å². The molecule has 0 aliphatic rings. The monoisotopic (exact) mass is 335 g/mol. The van der Waals surface area contributed by atoms with Gasteiger partial charge >= 0.3 is 0 Å². The molecule has 0 saturated heterocycles. The molecule has 0 aromatic heterocycles. The first-order valence-corrected chi connectivity index (χ1v) is 8.21. The normalized spacial score (nSPS) is 9.96. The summed E-state index contributed by atoms with van der Waals surface area (Å²) in [7, 11) is 0. The highest BCUT2D eigenvalue weighted by molar-refractivity contribution is 5.99. The predicted molar refractivity (Wildman–Crippen MR) is 98.5 cm³/mol. The lowest BCUT2D eigenvalue weighted by atomic mass is 10.1. The van der Waals surface area contributed by atoms with Crippen molar-refractivity contribution in [2.45, 2.75) is 33.2 Å². The number of benzene rings is 2. The zero-order valence-electron chi connectivity index (χ0n) is 14.4. The number of nitriles is 1. The van der Waals surface area contributed by atoms with Gasteiger partial charge in [0.05, 0.1) is 11.6 Å².